The molecular formula is C23H27N5O5S. The molecule has 10 nitrogen and oxygen atoms in total. The summed E-state index contributed by atoms with van der Waals surface area (Å²) in [6.07, 6.45) is -0.244. The van der Waals surface area contributed by atoms with E-state index < -0.39 is 22.0 Å². The van der Waals surface area contributed by atoms with Gasteiger partial charge in [-0.25, -0.2) is 13.4 Å². The van der Waals surface area contributed by atoms with Gasteiger partial charge in [0.25, 0.3) is 5.91 Å². The van der Waals surface area contributed by atoms with Gasteiger partial charge in [0.2, 0.25) is 15.9 Å². The van der Waals surface area contributed by atoms with Crippen molar-refractivity contribution in [2.24, 2.45) is 0 Å². The molecule has 4 rings (SSSR count). The monoisotopic (exact) mass is 485 g/mol. The van der Waals surface area contributed by atoms with Gasteiger partial charge in [0.05, 0.1) is 28.2 Å². The fourth-order valence-corrected chi connectivity index (χ4v) is 5.09. The smallest absolute Gasteiger partial charge is 0.265 e. The maximum atomic E-state index is 13.1. The Hall–Kier alpha value is -3.44. The van der Waals surface area contributed by atoms with Crippen LogP contribution in [0.1, 0.15) is 23.9 Å². The van der Waals surface area contributed by atoms with Crippen molar-refractivity contribution in [3.05, 3.63) is 47.3 Å². The molecule has 2 aromatic carbocycles. The topological polar surface area (TPSA) is 133 Å². The zero-order valence-corrected chi connectivity index (χ0v) is 20.2. The van der Waals surface area contributed by atoms with Gasteiger partial charge < -0.3 is 20.4 Å². The van der Waals surface area contributed by atoms with Crippen molar-refractivity contribution < 1.29 is 22.7 Å². The lowest BCUT2D eigenvalue weighted by atomic mass is 10.1. The molecule has 0 saturated carbocycles. The summed E-state index contributed by atoms with van der Waals surface area (Å²) < 4.78 is 32.8. The molecule has 0 unspecified atom stereocenters. The average Bonchev–Trinajstić information content (AvgIpc) is 3.16. The van der Waals surface area contributed by atoms with E-state index in [1.807, 2.05) is 25.1 Å². The number of aromatic amines is 1. The molecule has 0 bridgehead atoms. The number of rotatable bonds is 7. The number of carbonyl (C=O) groups is 2. The standard InChI is InChI=1S/C23H27N5O5S/c1-13-5-6-16-17(9-13)26-21(25-16)7-8-24-22(29)12-28(4)34(31,32)20-11-19-18(10-14(20)2)27-23(30)15(3)33-19/h5-6,9-11,15H,7-8,12H2,1-4H3,(H,24,29)(H,25,26)(H,27,30)/t15-/m0/s1. The van der Waals surface area contributed by atoms with Crippen molar-refractivity contribution in [2.45, 2.75) is 38.2 Å². The average molecular weight is 486 g/mol. The van der Waals surface area contributed by atoms with Crippen LogP contribution >= 0.6 is 0 Å². The number of fused-ring (bicyclic) bond motifs is 2. The summed E-state index contributed by atoms with van der Waals surface area (Å²) in [5.74, 6) is 0.294. The highest BCUT2D eigenvalue weighted by Crippen LogP contribution is 2.35. The highest BCUT2D eigenvalue weighted by atomic mass is 32.2. The summed E-state index contributed by atoms with van der Waals surface area (Å²) in [5, 5.41) is 5.43. The Labute approximate surface area is 197 Å². The number of imidazole rings is 1. The first-order valence-corrected chi connectivity index (χ1v) is 12.3. The van der Waals surface area contributed by atoms with Gasteiger partial charge >= 0.3 is 0 Å². The number of carbonyl (C=O) groups excluding carboxylic acids is 2. The van der Waals surface area contributed by atoms with Crippen molar-refractivity contribution in [1.82, 2.24) is 19.6 Å². The highest BCUT2D eigenvalue weighted by molar-refractivity contribution is 7.89. The third kappa shape index (κ3) is 4.75. The van der Waals surface area contributed by atoms with Crippen LogP contribution < -0.4 is 15.4 Å². The SMILES string of the molecule is Cc1ccc2nc(CCNC(=O)CN(C)S(=O)(=O)c3cc4c(cc3C)NC(=O)[C@H](C)O4)[nH]c2c1. The summed E-state index contributed by atoms with van der Waals surface area (Å²) in [7, 11) is -2.62. The van der Waals surface area contributed by atoms with Crippen molar-refractivity contribution in [3.63, 3.8) is 0 Å². The number of nitrogens with zero attached hydrogens (tertiary/aromatic N) is 2. The number of nitrogens with one attached hydrogen (secondary N) is 3. The first-order chi connectivity index (χ1) is 16.0. The molecule has 0 spiro atoms. The molecule has 2 heterocycles. The van der Waals surface area contributed by atoms with Crippen LogP contribution in [0.15, 0.2) is 35.2 Å². The predicted octanol–water partition coefficient (Wildman–Crippen LogP) is 1.88. The number of benzene rings is 2. The molecule has 180 valence electrons. The number of aromatic nitrogens is 2. The van der Waals surface area contributed by atoms with Crippen molar-refractivity contribution >= 4 is 38.6 Å². The van der Waals surface area contributed by atoms with Crippen molar-refractivity contribution in [3.8, 4) is 5.75 Å². The molecule has 1 aromatic heterocycles. The molecule has 1 aliphatic rings. The molecule has 34 heavy (non-hydrogen) atoms. The molecule has 0 radical (unpaired) electrons. The van der Waals surface area contributed by atoms with E-state index in [2.05, 4.69) is 20.6 Å². The van der Waals surface area contributed by atoms with Crippen LogP contribution in [-0.2, 0) is 26.0 Å². The van der Waals surface area contributed by atoms with Crippen LogP contribution in [0.3, 0.4) is 0 Å². The summed E-state index contributed by atoms with van der Waals surface area (Å²) in [4.78, 5) is 32.0. The number of likely N-dealkylation sites (N-methyl/N-ethyl adjacent to an activating group) is 1. The van der Waals surface area contributed by atoms with Gasteiger partial charge in [0.15, 0.2) is 6.10 Å². The number of hydrogen-bond acceptors (Lipinski definition) is 6. The van der Waals surface area contributed by atoms with Crippen LogP contribution in [0, 0.1) is 13.8 Å². The molecule has 0 fully saturated rings. The Morgan fingerprint density at radius 1 is 1.24 bits per heavy atom. The second-order valence-electron chi connectivity index (χ2n) is 8.43. The Morgan fingerprint density at radius 3 is 2.76 bits per heavy atom. The van der Waals surface area contributed by atoms with Crippen LogP contribution in [0.2, 0.25) is 0 Å². The predicted molar refractivity (Wildman–Crippen MR) is 127 cm³/mol. The lowest BCUT2D eigenvalue weighted by Gasteiger charge is -2.25. The zero-order chi connectivity index (χ0) is 24.6. The maximum Gasteiger partial charge on any atom is 0.265 e. The minimum Gasteiger partial charge on any atom is -0.479 e. The number of aryl methyl sites for hydroxylation is 2. The third-order valence-corrected chi connectivity index (χ3v) is 7.58. The second kappa shape index (κ2) is 9.07. The molecule has 0 aliphatic carbocycles. The summed E-state index contributed by atoms with van der Waals surface area (Å²) in [6.45, 7) is 5.18. The minimum absolute atomic E-state index is 0.0162. The lowest BCUT2D eigenvalue weighted by molar-refractivity contribution is -0.123. The molecule has 1 atom stereocenters. The van der Waals surface area contributed by atoms with E-state index >= 15 is 0 Å². The van der Waals surface area contributed by atoms with Crippen molar-refractivity contribution in [1.29, 1.82) is 0 Å². The largest absolute Gasteiger partial charge is 0.479 e. The lowest BCUT2D eigenvalue weighted by Crippen LogP contribution is -2.39. The number of amides is 2. The second-order valence-corrected chi connectivity index (χ2v) is 10.4. The summed E-state index contributed by atoms with van der Waals surface area (Å²) >= 11 is 0. The Balaban J connectivity index is 1.38. The molecule has 0 saturated heterocycles. The van der Waals surface area contributed by atoms with E-state index in [4.69, 9.17) is 4.74 Å². The number of anilines is 1. The van der Waals surface area contributed by atoms with Crippen molar-refractivity contribution in [2.75, 3.05) is 25.5 Å². The maximum absolute atomic E-state index is 13.1. The van der Waals surface area contributed by atoms with Crippen LogP contribution in [0.5, 0.6) is 5.75 Å². The molecule has 11 heteroatoms. The molecule has 3 aromatic rings. The van der Waals surface area contributed by atoms with Gasteiger partial charge in [0, 0.05) is 26.1 Å². The van der Waals surface area contributed by atoms with E-state index in [1.54, 1.807) is 19.9 Å². The van der Waals surface area contributed by atoms with E-state index in [0.29, 0.717) is 24.2 Å². The van der Waals surface area contributed by atoms with E-state index in [9.17, 15) is 18.0 Å². The normalized spacial score (nSPS) is 15.7. The van der Waals surface area contributed by atoms with Gasteiger partial charge in [-0.1, -0.05) is 6.07 Å². The number of H-pyrrole nitrogens is 1. The van der Waals surface area contributed by atoms with E-state index in [-0.39, 0.29) is 23.1 Å². The van der Waals surface area contributed by atoms with E-state index in [0.717, 1.165) is 26.7 Å². The first-order valence-electron chi connectivity index (χ1n) is 10.8. The van der Waals surface area contributed by atoms with Gasteiger partial charge in [-0.2, -0.15) is 4.31 Å². The van der Waals surface area contributed by atoms with Gasteiger partial charge in [0.1, 0.15) is 11.6 Å². The highest BCUT2D eigenvalue weighted by Gasteiger charge is 2.30. The van der Waals surface area contributed by atoms with Gasteiger partial charge in [-0.3, -0.25) is 9.59 Å². The number of sulfonamides is 1. The minimum atomic E-state index is -3.97. The fourth-order valence-electron chi connectivity index (χ4n) is 3.75. The van der Waals surface area contributed by atoms with Gasteiger partial charge in [-0.05, 0) is 50.1 Å². The van der Waals surface area contributed by atoms with Crippen LogP contribution in [-0.4, -0.2) is 60.7 Å². The third-order valence-electron chi connectivity index (χ3n) is 5.63. The van der Waals surface area contributed by atoms with E-state index in [1.165, 1.54) is 13.1 Å². The summed E-state index contributed by atoms with van der Waals surface area (Å²) in [6, 6.07) is 8.86. The zero-order valence-electron chi connectivity index (χ0n) is 19.4. The molecule has 3 N–H and O–H groups in total. The molecule has 1 aliphatic heterocycles. The Kier molecular flexibility index (Phi) is 6.32. The number of hydrogen-bond donors (Lipinski definition) is 3. The van der Waals surface area contributed by atoms with Crippen LogP contribution in [0.4, 0.5) is 5.69 Å². The molecule has 2 amide bonds. The number of ether oxygens (including phenoxy) is 1. The Morgan fingerprint density at radius 2 is 2.00 bits per heavy atom. The van der Waals surface area contributed by atoms with Crippen LogP contribution in [0.25, 0.3) is 11.0 Å². The molecular weight excluding hydrogens is 458 g/mol. The van der Waals surface area contributed by atoms with Gasteiger partial charge in [-0.15, -0.1) is 0 Å². The fraction of sp³-hybridized carbons (Fsp3) is 0.348. The summed E-state index contributed by atoms with van der Waals surface area (Å²) in [5.41, 5.74) is 3.77. The quantitative estimate of drug-likeness (QED) is 0.468. The Bertz CT molecular complexity index is 1380. The first kappa shape index (κ1) is 23.7.